The van der Waals surface area contributed by atoms with Gasteiger partial charge in [-0.3, -0.25) is 4.79 Å². The predicted molar refractivity (Wildman–Crippen MR) is 119 cm³/mol. The molecule has 0 radical (unpaired) electrons. The molecule has 4 nitrogen and oxygen atoms in total. The van der Waals surface area contributed by atoms with Crippen LogP contribution in [-0.2, 0) is 6.42 Å². The van der Waals surface area contributed by atoms with Crippen LogP contribution in [0.25, 0.3) is 10.9 Å². The summed E-state index contributed by atoms with van der Waals surface area (Å²) in [4.78, 5) is 19.1. The summed E-state index contributed by atoms with van der Waals surface area (Å²) in [6, 6.07) is 24.1. The Kier molecular flexibility index (Phi) is 4.55. The minimum atomic E-state index is -0.166. The van der Waals surface area contributed by atoms with E-state index in [1.165, 1.54) is 10.9 Å². The van der Waals surface area contributed by atoms with E-state index >= 15 is 0 Å². The maximum atomic E-state index is 13.5. The summed E-state index contributed by atoms with van der Waals surface area (Å²) in [6.45, 7) is 2.71. The third-order valence-electron chi connectivity index (χ3n) is 6.03. The lowest BCUT2D eigenvalue weighted by molar-refractivity contribution is 0.0692. The van der Waals surface area contributed by atoms with Crippen LogP contribution in [0.4, 0.5) is 0 Å². The monoisotopic (exact) mass is 396 g/mol. The Labute approximate surface area is 176 Å². The number of benzene rings is 3. The number of fused-ring (bicyclic) bond motifs is 3. The quantitative estimate of drug-likeness (QED) is 0.513. The first-order chi connectivity index (χ1) is 14.7. The average molecular weight is 396 g/mol. The fraction of sp³-hybridized carbons (Fsp3) is 0.192. The van der Waals surface area contributed by atoms with E-state index in [4.69, 9.17) is 4.74 Å². The Morgan fingerprint density at radius 1 is 1.00 bits per heavy atom. The number of aromatic amines is 1. The van der Waals surface area contributed by atoms with Crippen molar-refractivity contribution in [3.8, 4) is 5.75 Å². The van der Waals surface area contributed by atoms with Crippen LogP contribution in [0, 0.1) is 6.92 Å². The third kappa shape index (κ3) is 3.05. The number of carbonyl (C=O) groups is 1. The van der Waals surface area contributed by atoms with Crippen molar-refractivity contribution in [2.24, 2.45) is 0 Å². The highest BCUT2D eigenvalue weighted by atomic mass is 16.5. The lowest BCUT2D eigenvalue weighted by atomic mass is 9.91. The van der Waals surface area contributed by atoms with Crippen LogP contribution >= 0.6 is 0 Å². The molecule has 4 aromatic rings. The van der Waals surface area contributed by atoms with Gasteiger partial charge < -0.3 is 14.6 Å². The number of hydrogen-bond acceptors (Lipinski definition) is 2. The van der Waals surface area contributed by atoms with Crippen LogP contribution in [0.15, 0.2) is 72.8 Å². The molecule has 0 saturated carbocycles. The van der Waals surface area contributed by atoms with Crippen molar-refractivity contribution in [3.05, 3.63) is 101 Å². The summed E-state index contributed by atoms with van der Waals surface area (Å²) in [5, 5.41) is 1.24. The van der Waals surface area contributed by atoms with Crippen molar-refractivity contribution in [2.45, 2.75) is 19.4 Å². The molecule has 0 unspecified atom stereocenters. The standard InChI is InChI=1S/C26H24N2O2/c1-17-7-9-19(10-8-17)26(29)28-16-15-22-21-5-3-4-6-23(21)27-24(22)25(28)18-11-13-20(30-2)14-12-18/h3-14,25,27H,15-16H2,1-2H3/t25-/m1/s1. The number of hydrogen-bond donors (Lipinski definition) is 1. The summed E-state index contributed by atoms with van der Waals surface area (Å²) < 4.78 is 5.34. The van der Waals surface area contributed by atoms with Crippen molar-refractivity contribution >= 4 is 16.8 Å². The molecule has 1 atom stereocenters. The first kappa shape index (κ1) is 18.5. The molecular weight excluding hydrogens is 372 g/mol. The molecule has 1 N–H and O–H groups in total. The Bertz CT molecular complexity index is 1210. The number of para-hydroxylation sites is 1. The molecule has 0 aliphatic carbocycles. The zero-order valence-corrected chi connectivity index (χ0v) is 17.2. The molecule has 2 heterocycles. The zero-order chi connectivity index (χ0) is 20.7. The topological polar surface area (TPSA) is 45.3 Å². The summed E-state index contributed by atoms with van der Waals surface area (Å²) in [5.41, 5.74) is 6.47. The van der Waals surface area contributed by atoms with E-state index in [0.717, 1.165) is 40.1 Å². The van der Waals surface area contributed by atoms with Gasteiger partial charge in [0.2, 0.25) is 0 Å². The summed E-state index contributed by atoms with van der Waals surface area (Å²) in [5.74, 6) is 0.864. The number of nitrogens with zero attached hydrogens (tertiary/aromatic N) is 1. The van der Waals surface area contributed by atoms with Gasteiger partial charge in [-0.25, -0.2) is 0 Å². The van der Waals surface area contributed by atoms with Crippen LogP contribution in [0.2, 0.25) is 0 Å². The van der Waals surface area contributed by atoms with Crippen molar-refractivity contribution < 1.29 is 9.53 Å². The van der Waals surface area contributed by atoms with Crippen molar-refractivity contribution in [2.75, 3.05) is 13.7 Å². The van der Waals surface area contributed by atoms with Crippen molar-refractivity contribution in [1.82, 2.24) is 9.88 Å². The Morgan fingerprint density at radius 3 is 2.47 bits per heavy atom. The van der Waals surface area contributed by atoms with Crippen LogP contribution in [-0.4, -0.2) is 29.4 Å². The second-order valence-corrected chi connectivity index (χ2v) is 7.85. The zero-order valence-electron chi connectivity index (χ0n) is 17.2. The number of aromatic nitrogens is 1. The first-order valence-electron chi connectivity index (χ1n) is 10.3. The van der Waals surface area contributed by atoms with Gasteiger partial charge in [-0.1, -0.05) is 48.0 Å². The summed E-state index contributed by atoms with van der Waals surface area (Å²) >= 11 is 0. The SMILES string of the molecule is COc1ccc([C@@H]2c3[nH]c4ccccc4c3CCN2C(=O)c2ccc(C)cc2)cc1. The molecule has 3 aromatic carbocycles. The normalized spacial score (nSPS) is 15.8. The van der Waals surface area contributed by atoms with Crippen LogP contribution in [0.5, 0.6) is 5.75 Å². The smallest absolute Gasteiger partial charge is 0.254 e. The highest BCUT2D eigenvalue weighted by Gasteiger charge is 2.34. The van der Waals surface area contributed by atoms with Gasteiger partial charge in [-0.15, -0.1) is 0 Å². The van der Waals surface area contributed by atoms with Crippen molar-refractivity contribution in [3.63, 3.8) is 0 Å². The van der Waals surface area contributed by atoms with E-state index in [-0.39, 0.29) is 11.9 Å². The number of rotatable bonds is 3. The molecule has 0 fully saturated rings. The van der Waals surface area contributed by atoms with Crippen LogP contribution in [0.1, 0.15) is 38.8 Å². The van der Waals surface area contributed by atoms with Crippen LogP contribution < -0.4 is 4.74 Å². The second-order valence-electron chi connectivity index (χ2n) is 7.85. The van der Waals surface area contributed by atoms with Gasteiger partial charge in [0, 0.05) is 28.7 Å². The van der Waals surface area contributed by atoms with Gasteiger partial charge in [-0.2, -0.15) is 0 Å². The lowest BCUT2D eigenvalue weighted by Gasteiger charge is -2.36. The molecule has 0 spiro atoms. The third-order valence-corrected chi connectivity index (χ3v) is 6.03. The Morgan fingerprint density at radius 2 is 1.73 bits per heavy atom. The van der Waals surface area contributed by atoms with Gasteiger partial charge in [-0.05, 0) is 54.8 Å². The number of H-pyrrole nitrogens is 1. The number of nitrogens with one attached hydrogen (secondary N) is 1. The second kappa shape index (κ2) is 7.38. The van der Waals surface area contributed by atoms with E-state index in [9.17, 15) is 4.79 Å². The van der Waals surface area contributed by atoms with Gasteiger partial charge in [0.05, 0.1) is 13.2 Å². The highest BCUT2D eigenvalue weighted by molar-refractivity contribution is 5.95. The molecule has 0 bridgehead atoms. The van der Waals surface area contributed by atoms with Gasteiger partial charge in [0.25, 0.3) is 5.91 Å². The number of methoxy groups -OCH3 is 1. The number of aryl methyl sites for hydroxylation is 1. The lowest BCUT2D eigenvalue weighted by Crippen LogP contribution is -2.40. The van der Waals surface area contributed by atoms with E-state index in [1.54, 1.807) is 7.11 Å². The van der Waals surface area contributed by atoms with E-state index in [1.807, 2.05) is 54.3 Å². The maximum Gasteiger partial charge on any atom is 0.254 e. The van der Waals surface area contributed by atoms with E-state index in [0.29, 0.717) is 6.54 Å². The minimum Gasteiger partial charge on any atom is -0.497 e. The number of carbonyl (C=O) groups excluding carboxylic acids is 1. The Balaban J connectivity index is 1.64. The summed E-state index contributed by atoms with van der Waals surface area (Å²) in [6.07, 6.45) is 0.837. The number of ether oxygens (including phenoxy) is 1. The Hall–Kier alpha value is -3.53. The first-order valence-corrected chi connectivity index (χ1v) is 10.3. The largest absolute Gasteiger partial charge is 0.497 e. The molecule has 1 aromatic heterocycles. The molecular formula is C26H24N2O2. The van der Waals surface area contributed by atoms with E-state index < -0.39 is 0 Å². The highest BCUT2D eigenvalue weighted by Crippen LogP contribution is 2.39. The predicted octanol–water partition coefficient (Wildman–Crippen LogP) is 5.27. The maximum absolute atomic E-state index is 13.5. The van der Waals surface area contributed by atoms with Gasteiger partial charge in [0.1, 0.15) is 5.75 Å². The average Bonchev–Trinajstić information content (AvgIpc) is 3.17. The molecule has 150 valence electrons. The van der Waals surface area contributed by atoms with Gasteiger partial charge in [0.15, 0.2) is 0 Å². The van der Waals surface area contributed by atoms with Crippen LogP contribution in [0.3, 0.4) is 0 Å². The van der Waals surface area contributed by atoms with Gasteiger partial charge >= 0.3 is 0 Å². The van der Waals surface area contributed by atoms with Crippen molar-refractivity contribution in [1.29, 1.82) is 0 Å². The molecule has 30 heavy (non-hydrogen) atoms. The molecule has 0 saturated heterocycles. The molecule has 1 aliphatic heterocycles. The molecule has 1 aliphatic rings. The number of amides is 1. The minimum absolute atomic E-state index is 0.0557. The summed E-state index contributed by atoms with van der Waals surface area (Å²) in [7, 11) is 1.67. The fourth-order valence-electron chi connectivity index (χ4n) is 4.45. The molecule has 4 heteroatoms. The van der Waals surface area contributed by atoms with E-state index in [2.05, 4.69) is 35.3 Å². The fourth-order valence-corrected chi connectivity index (χ4v) is 4.45. The molecule has 1 amide bonds. The molecule has 5 rings (SSSR count).